The van der Waals surface area contributed by atoms with Gasteiger partial charge in [-0.2, -0.15) is 0 Å². The maximum absolute atomic E-state index is 12.3. The standard InChI is InChI=1S/C23H22N2O4/c26-20(17-12-11-15-5-3-6-16(15)13-17)14-29-22(27)10-4-9-21-24-19-8-2-1-7-18(19)23(28)25-21/h1-2,7-8,11-13H,3-6,9-10,14H2,(H,24,25,28). The normalized spacial score (nSPS) is 12.7. The molecule has 3 aromatic rings. The van der Waals surface area contributed by atoms with Crippen molar-refractivity contribution in [3.05, 3.63) is 75.3 Å². The molecule has 0 radical (unpaired) electrons. The molecule has 0 amide bonds. The van der Waals surface area contributed by atoms with Crippen molar-refractivity contribution in [1.29, 1.82) is 0 Å². The maximum Gasteiger partial charge on any atom is 0.306 e. The van der Waals surface area contributed by atoms with Crippen LogP contribution in [0.4, 0.5) is 0 Å². The van der Waals surface area contributed by atoms with Gasteiger partial charge in [0.2, 0.25) is 0 Å². The molecule has 1 heterocycles. The van der Waals surface area contributed by atoms with Gasteiger partial charge < -0.3 is 9.72 Å². The summed E-state index contributed by atoms with van der Waals surface area (Å²) in [6, 6.07) is 12.8. The highest BCUT2D eigenvalue weighted by Gasteiger charge is 2.15. The number of nitrogens with zero attached hydrogens (tertiary/aromatic N) is 1. The molecule has 0 bridgehead atoms. The highest BCUT2D eigenvalue weighted by Crippen LogP contribution is 2.23. The highest BCUT2D eigenvalue weighted by molar-refractivity contribution is 5.98. The van der Waals surface area contributed by atoms with Crippen LogP contribution < -0.4 is 5.56 Å². The van der Waals surface area contributed by atoms with Crippen molar-refractivity contribution in [2.45, 2.75) is 38.5 Å². The number of ketones is 1. The Hall–Kier alpha value is -3.28. The number of fused-ring (bicyclic) bond motifs is 2. The van der Waals surface area contributed by atoms with E-state index in [9.17, 15) is 14.4 Å². The van der Waals surface area contributed by atoms with Crippen LogP contribution in [0.2, 0.25) is 0 Å². The number of Topliss-reactive ketones (excluding diaryl/α,β-unsaturated/α-hetero) is 1. The Morgan fingerprint density at radius 2 is 1.90 bits per heavy atom. The number of rotatable bonds is 7. The Bertz CT molecular complexity index is 1130. The lowest BCUT2D eigenvalue weighted by Crippen LogP contribution is -2.15. The van der Waals surface area contributed by atoms with Gasteiger partial charge >= 0.3 is 5.97 Å². The van der Waals surface area contributed by atoms with Gasteiger partial charge in [-0.3, -0.25) is 14.4 Å². The van der Waals surface area contributed by atoms with Crippen molar-refractivity contribution >= 4 is 22.7 Å². The van der Waals surface area contributed by atoms with Gasteiger partial charge in [0.15, 0.2) is 12.4 Å². The fraction of sp³-hybridized carbons (Fsp3) is 0.304. The predicted molar refractivity (Wildman–Crippen MR) is 109 cm³/mol. The average molecular weight is 390 g/mol. The predicted octanol–water partition coefficient (Wildman–Crippen LogP) is 3.16. The third-order valence-electron chi connectivity index (χ3n) is 5.24. The van der Waals surface area contributed by atoms with Crippen LogP contribution in [-0.4, -0.2) is 28.3 Å². The van der Waals surface area contributed by atoms with Crippen LogP contribution in [0.15, 0.2) is 47.3 Å². The number of H-pyrrole nitrogens is 1. The van der Waals surface area contributed by atoms with Crippen LogP contribution in [0.25, 0.3) is 10.9 Å². The van der Waals surface area contributed by atoms with Gasteiger partial charge in [-0.25, -0.2) is 4.98 Å². The summed E-state index contributed by atoms with van der Waals surface area (Å²) >= 11 is 0. The van der Waals surface area contributed by atoms with Gasteiger partial charge in [0.25, 0.3) is 5.56 Å². The van der Waals surface area contributed by atoms with E-state index in [4.69, 9.17) is 4.74 Å². The molecule has 0 saturated carbocycles. The molecule has 6 nitrogen and oxygen atoms in total. The summed E-state index contributed by atoms with van der Waals surface area (Å²) in [5, 5.41) is 0.542. The number of carbonyl (C=O) groups excluding carboxylic acids is 2. The molecule has 0 atom stereocenters. The molecule has 2 aromatic carbocycles. The zero-order chi connectivity index (χ0) is 20.2. The molecule has 0 saturated heterocycles. The topological polar surface area (TPSA) is 89.1 Å². The van der Waals surface area contributed by atoms with Crippen LogP contribution in [0, 0.1) is 0 Å². The second kappa shape index (κ2) is 8.39. The minimum Gasteiger partial charge on any atom is -0.457 e. The zero-order valence-corrected chi connectivity index (χ0v) is 16.1. The lowest BCUT2D eigenvalue weighted by molar-refractivity contribution is -0.142. The summed E-state index contributed by atoms with van der Waals surface area (Å²) in [4.78, 5) is 43.5. The van der Waals surface area contributed by atoms with E-state index >= 15 is 0 Å². The Kier molecular flexibility index (Phi) is 5.51. The lowest BCUT2D eigenvalue weighted by atomic mass is 10.0. The van der Waals surface area contributed by atoms with Crippen molar-refractivity contribution in [2.24, 2.45) is 0 Å². The van der Waals surface area contributed by atoms with E-state index in [0.29, 0.717) is 35.1 Å². The second-order valence-corrected chi connectivity index (χ2v) is 7.30. The van der Waals surface area contributed by atoms with Crippen LogP contribution in [0.1, 0.15) is 46.6 Å². The van der Waals surface area contributed by atoms with Crippen LogP contribution >= 0.6 is 0 Å². The summed E-state index contributed by atoms with van der Waals surface area (Å²) in [5.74, 6) is -0.0769. The van der Waals surface area contributed by atoms with Crippen LogP contribution in [0.5, 0.6) is 0 Å². The Balaban J connectivity index is 1.26. The smallest absolute Gasteiger partial charge is 0.306 e. The third-order valence-corrected chi connectivity index (χ3v) is 5.24. The fourth-order valence-electron chi connectivity index (χ4n) is 3.70. The molecule has 29 heavy (non-hydrogen) atoms. The highest BCUT2D eigenvalue weighted by atomic mass is 16.5. The second-order valence-electron chi connectivity index (χ2n) is 7.30. The molecule has 6 heteroatoms. The van der Waals surface area contributed by atoms with Crippen molar-refractivity contribution < 1.29 is 14.3 Å². The first-order chi connectivity index (χ1) is 14.1. The molecule has 0 aliphatic heterocycles. The minimum atomic E-state index is -0.428. The van der Waals surface area contributed by atoms with Gasteiger partial charge in [-0.1, -0.05) is 24.3 Å². The molecule has 0 fully saturated rings. The number of carbonyl (C=O) groups is 2. The number of hydrogen-bond acceptors (Lipinski definition) is 5. The number of benzene rings is 2. The van der Waals surface area contributed by atoms with Crippen molar-refractivity contribution in [1.82, 2.24) is 9.97 Å². The minimum absolute atomic E-state index is 0.161. The molecular formula is C23H22N2O4. The average Bonchev–Trinajstić information content (AvgIpc) is 3.20. The Morgan fingerprint density at radius 3 is 2.79 bits per heavy atom. The van der Waals surface area contributed by atoms with Crippen LogP contribution in [0.3, 0.4) is 0 Å². The van der Waals surface area contributed by atoms with E-state index in [0.717, 1.165) is 19.3 Å². The number of hydrogen-bond donors (Lipinski definition) is 1. The van der Waals surface area contributed by atoms with E-state index in [2.05, 4.69) is 9.97 Å². The van der Waals surface area contributed by atoms with E-state index in [1.165, 1.54) is 11.1 Å². The summed E-state index contributed by atoms with van der Waals surface area (Å²) in [5.41, 5.74) is 3.57. The number of esters is 1. The van der Waals surface area contributed by atoms with Gasteiger partial charge in [0.05, 0.1) is 10.9 Å². The summed E-state index contributed by atoms with van der Waals surface area (Å²) in [6.07, 6.45) is 4.28. The molecule has 1 aliphatic carbocycles. The van der Waals surface area contributed by atoms with Gasteiger partial charge in [0, 0.05) is 18.4 Å². The molecule has 1 aromatic heterocycles. The van der Waals surface area contributed by atoms with Crippen LogP contribution in [-0.2, 0) is 28.8 Å². The monoisotopic (exact) mass is 390 g/mol. The molecule has 148 valence electrons. The largest absolute Gasteiger partial charge is 0.457 e. The third kappa shape index (κ3) is 4.42. The molecule has 0 spiro atoms. The van der Waals surface area contributed by atoms with Crippen molar-refractivity contribution in [3.8, 4) is 0 Å². The van der Waals surface area contributed by atoms with E-state index in [-0.39, 0.29) is 24.4 Å². The van der Waals surface area contributed by atoms with Crippen molar-refractivity contribution in [2.75, 3.05) is 6.61 Å². The van der Waals surface area contributed by atoms with Gasteiger partial charge in [-0.15, -0.1) is 0 Å². The number of nitrogens with one attached hydrogen (secondary N) is 1. The SMILES string of the molecule is O=C(CCCc1nc2ccccc2c(=O)[nH]1)OCC(=O)c1ccc2c(c1)CCC2. The van der Waals surface area contributed by atoms with E-state index in [1.807, 2.05) is 24.3 Å². The molecule has 4 rings (SSSR count). The summed E-state index contributed by atoms with van der Waals surface area (Å²) in [7, 11) is 0. The fourth-order valence-corrected chi connectivity index (χ4v) is 3.70. The quantitative estimate of drug-likeness (QED) is 0.494. The molecule has 1 aliphatic rings. The van der Waals surface area contributed by atoms with Crippen molar-refractivity contribution in [3.63, 3.8) is 0 Å². The first-order valence-corrected chi connectivity index (χ1v) is 9.89. The van der Waals surface area contributed by atoms with E-state index < -0.39 is 5.97 Å². The maximum atomic E-state index is 12.3. The zero-order valence-electron chi connectivity index (χ0n) is 16.1. The van der Waals surface area contributed by atoms with Gasteiger partial charge in [-0.05, 0) is 55.0 Å². The Morgan fingerprint density at radius 1 is 1.07 bits per heavy atom. The number of aromatic nitrogens is 2. The lowest BCUT2D eigenvalue weighted by Gasteiger charge is -2.06. The summed E-state index contributed by atoms with van der Waals surface area (Å²) < 4.78 is 5.13. The number of para-hydroxylation sites is 1. The molecule has 1 N–H and O–H groups in total. The first-order valence-electron chi connectivity index (χ1n) is 9.89. The molecule has 0 unspecified atom stereocenters. The number of aromatic amines is 1. The number of ether oxygens (including phenoxy) is 1. The first kappa shape index (κ1) is 19.1. The van der Waals surface area contributed by atoms with Gasteiger partial charge in [0.1, 0.15) is 5.82 Å². The number of aryl methyl sites for hydroxylation is 3. The summed E-state index contributed by atoms with van der Waals surface area (Å²) in [6.45, 7) is -0.247. The van der Waals surface area contributed by atoms with E-state index in [1.54, 1.807) is 18.2 Å². The molecular weight excluding hydrogens is 368 g/mol. The Labute approximate surface area is 167 Å².